The van der Waals surface area contributed by atoms with Gasteiger partial charge < -0.3 is 10.4 Å². The number of aryl methyl sites for hydroxylation is 1. The Hall–Kier alpha value is -1.24. The van der Waals surface area contributed by atoms with Crippen LogP contribution in [0.3, 0.4) is 0 Å². The van der Waals surface area contributed by atoms with E-state index in [4.69, 9.17) is 0 Å². The first-order chi connectivity index (χ1) is 9.13. The molecule has 1 fully saturated rings. The number of thiazole rings is 1. The fourth-order valence-electron chi connectivity index (χ4n) is 2.07. The Balaban J connectivity index is 1.75. The van der Waals surface area contributed by atoms with Crippen LogP contribution in [0.25, 0.3) is 9.88 Å². The smallest absolute Gasteiger partial charge is 0.263 e. The molecule has 0 saturated heterocycles. The summed E-state index contributed by atoms with van der Waals surface area (Å²) in [4.78, 5) is 18.4. The van der Waals surface area contributed by atoms with Crippen LogP contribution in [0.15, 0.2) is 17.5 Å². The quantitative estimate of drug-likeness (QED) is 0.914. The van der Waals surface area contributed by atoms with Gasteiger partial charge in [0.2, 0.25) is 0 Å². The SMILES string of the molecule is Cc1nc(-c2cccs2)sc1C(=O)NC1CC(O)C1. The van der Waals surface area contributed by atoms with E-state index in [-0.39, 0.29) is 18.1 Å². The predicted molar refractivity (Wildman–Crippen MR) is 76.7 cm³/mol. The van der Waals surface area contributed by atoms with Crippen molar-refractivity contribution in [2.75, 3.05) is 0 Å². The predicted octanol–water partition coefficient (Wildman–Crippen LogP) is 2.43. The van der Waals surface area contributed by atoms with Crippen LogP contribution < -0.4 is 5.32 Å². The van der Waals surface area contributed by atoms with Crippen LogP contribution in [0.5, 0.6) is 0 Å². The number of carbonyl (C=O) groups excluding carboxylic acids is 1. The summed E-state index contributed by atoms with van der Waals surface area (Å²) >= 11 is 3.05. The standard InChI is InChI=1S/C13H14N2O2S2/c1-7-11(12(17)15-8-5-9(16)6-8)19-13(14-7)10-3-2-4-18-10/h2-4,8-9,16H,5-6H2,1H3,(H,15,17). The lowest BCUT2D eigenvalue weighted by Crippen LogP contribution is -2.46. The summed E-state index contributed by atoms with van der Waals surface area (Å²) in [6.45, 7) is 1.86. The third-order valence-electron chi connectivity index (χ3n) is 3.18. The first kappa shape index (κ1) is 12.8. The number of hydrogen-bond donors (Lipinski definition) is 2. The van der Waals surface area contributed by atoms with Crippen LogP contribution >= 0.6 is 22.7 Å². The van der Waals surface area contributed by atoms with Crippen LogP contribution in [-0.4, -0.2) is 28.1 Å². The molecular formula is C13H14N2O2S2. The van der Waals surface area contributed by atoms with Gasteiger partial charge in [-0.3, -0.25) is 4.79 Å². The van der Waals surface area contributed by atoms with E-state index >= 15 is 0 Å². The van der Waals surface area contributed by atoms with Gasteiger partial charge in [-0.05, 0) is 31.2 Å². The second-order valence-corrected chi connectivity index (χ2v) is 6.65. The number of nitrogens with zero attached hydrogens (tertiary/aromatic N) is 1. The topological polar surface area (TPSA) is 62.2 Å². The molecule has 2 N–H and O–H groups in total. The van der Waals surface area contributed by atoms with Crippen molar-refractivity contribution < 1.29 is 9.90 Å². The Kier molecular flexibility index (Phi) is 3.38. The van der Waals surface area contributed by atoms with Crippen LogP contribution in [0, 0.1) is 6.92 Å². The van der Waals surface area contributed by atoms with Gasteiger partial charge in [0.25, 0.3) is 5.91 Å². The molecule has 0 aromatic carbocycles. The molecule has 1 aliphatic rings. The molecule has 1 saturated carbocycles. The van der Waals surface area contributed by atoms with Gasteiger partial charge in [0.1, 0.15) is 9.88 Å². The van der Waals surface area contributed by atoms with Crippen LogP contribution in [0.4, 0.5) is 0 Å². The number of aliphatic hydroxyl groups is 1. The van der Waals surface area contributed by atoms with Gasteiger partial charge in [-0.2, -0.15) is 0 Å². The van der Waals surface area contributed by atoms with Crippen molar-refractivity contribution in [3.63, 3.8) is 0 Å². The minimum absolute atomic E-state index is 0.0743. The Bertz CT molecular complexity index is 586. The van der Waals surface area contributed by atoms with Crippen molar-refractivity contribution in [3.8, 4) is 9.88 Å². The van der Waals surface area contributed by atoms with E-state index in [1.807, 2.05) is 24.4 Å². The molecule has 1 amide bonds. The van der Waals surface area contributed by atoms with E-state index in [1.165, 1.54) is 11.3 Å². The highest BCUT2D eigenvalue weighted by Gasteiger charge is 2.29. The zero-order valence-electron chi connectivity index (χ0n) is 10.4. The summed E-state index contributed by atoms with van der Waals surface area (Å²) in [6.07, 6.45) is 1.05. The van der Waals surface area contributed by atoms with Crippen molar-refractivity contribution in [1.82, 2.24) is 10.3 Å². The molecule has 0 atom stereocenters. The second kappa shape index (κ2) is 5.03. The molecule has 0 unspecified atom stereocenters. The summed E-state index contributed by atoms with van der Waals surface area (Å²) in [6, 6.07) is 4.09. The summed E-state index contributed by atoms with van der Waals surface area (Å²) in [5.41, 5.74) is 0.769. The van der Waals surface area contributed by atoms with Crippen LogP contribution in [-0.2, 0) is 0 Å². The van der Waals surface area contributed by atoms with E-state index < -0.39 is 0 Å². The van der Waals surface area contributed by atoms with Crippen molar-refractivity contribution in [2.45, 2.75) is 31.9 Å². The minimum atomic E-state index is -0.255. The number of aliphatic hydroxyl groups excluding tert-OH is 1. The number of hydrogen-bond acceptors (Lipinski definition) is 5. The van der Waals surface area contributed by atoms with Gasteiger partial charge in [-0.15, -0.1) is 22.7 Å². The molecule has 6 heteroatoms. The van der Waals surface area contributed by atoms with Crippen LogP contribution in [0.2, 0.25) is 0 Å². The summed E-state index contributed by atoms with van der Waals surface area (Å²) in [7, 11) is 0. The van der Waals surface area contributed by atoms with E-state index in [1.54, 1.807) is 11.3 Å². The van der Waals surface area contributed by atoms with Gasteiger partial charge in [-0.1, -0.05) is 6.07 Å². The third-order valence-corrected chi connectivity index (χ3v) is 5.38. The zero-order valence-corrected chi connectivity index (χ0v) is 12.1. The molecule has 2 aromatic rings. The fourth-order valence-corrected chi connectivity index (χ4v) is 3.84. The highest BCUT2D eigenvalue weighted by molar-refractivity contribution is 7.22. The number of rotatable bonds is 3. The average molecular weight is 294 g/mol. The molecule has 2 aromatic heterocycles. The lowest BCUT2D eigenvalue weighted by molar-refractivity contribution is 0.0564. The highest BCUT2D eigenvalue weighted by Crippen LogP contribution is 2.31. The molecule has 1 aliphatic carbocycles. The average Bonchev–Trinajstić information content (AvgIpc) is 2.95. The molecule has 0 bridgehead atoms. The number of aromatic nitrogens is 1. The largest absolute Gasteiger partial charge is 0.393 e. The Labute approximate surface area is 119 Å². The highest BCUT2D eigenvalue weighted by atomic mass is 32.1. The lowest BCUT2D eigenvalue weighted by atomic mass is 9.89. The fraction of sp³-hybridized carbons (Fsp3) is 0.385. The number of carbonyl (C=O) groups is 1. The third kappa shape index (κ3) is 2.56. The van der Waals surface area contributed by atoms with Crippen LogP contribution in [0.1, 0.15) is 28.2 Å². The molecule has 100 valence electrons. The van der Waals surface area contributed by atoms with E-state index in [9.17, 15) is 9.90 Å². The normalized spacial score (nSPS) is 22.0. The van der Waals surface area contributed by atoms with Gasteiger partial charge in [0, 0.05) is 6.04 Å². The minimum Gasteiger partial charge on any atom is -0.393 e. The first-order valence-electron chi connectivity index (χ1n) is 6.13. The maximum Gasteiger partial charge on any atom is 0.263 e. The maximum absolute atomic E-state index is 12.1. The van der Waals surface area contributed by atoms with Gasteiger partial charge in [0.15, 0.2) is 0 Å². The molecule has 19 heavy (non-hydrogen) atoms. The summed E-state index contributed by atoms with van der Waals surface area (Å²) in [5, 5.41) is 15.1. The van der Waals surface area contributed by atoms with E-state index in [0.717, 1.165) is 15.6 Å². The monoisotopic (exact) mass is 294 g/mol. The van der Waals surface area contributed by atoms with Gasteiger partial charge in [-0.25, -0.2) is 4.98 Å². The molecular weight excluding hydrogens is 280 g/mol. The van der Waals surface area contributed by atoms with E-state index in [2.05, 4.69) is 10.3 Å². The zero-order chi connectivity index (χ0) is 13.4. The van der Waals surface area contributed by atoms with Crippen molar-refractivity contribution in [1.29, 1.82) is 0 Å². The first-order valence-corrected chi connectivity index (χ1v) is 7.83. The van der Waals surface area contributed by atoms with Crippen molar-refractivity contribution >= 4 is 28.6 Å². The molecule has 0 radical (unpaired) electrons. The summed E-state index contributed by atoms with van der Waals surface area (Å²) in [5.74, 6) is -0.0743. The van der Waals surface area contributed by atoms with Crippen molar-refractivity contribution in [3.05, 3.63) is 28.1 Å². The number of nitrogens with one attached hydrogen (secondary N) is 1. The lowest BCUT2D eigenvalue weighted by Gasteiger charge is -2.31. The molecule has 3 rings (SSSR count). The number of amides is 1. The second-order valence-electron chi connectivity index (χ2n) is 4.71. The number of thiophene rings is 1. The van der Waals surface area contributed by atoms with E-state index in [0.29, 0.717) is 17.7 Å². The Morgan fingerprint density at radius 3 is 2.95 bits per heavy atom. The molecule has 0 spiro atoms. The Morgan fingerprint density at radius 1 is 1.53 bits per heavy atom. The molecule has 2 heterocycles. The molecule has 0 aliphatic heterocycles. The van der Waals surface area contributed by atoms with Gasteiger partial charge in [0.05, 0.1) is 16.7 Å². The molecule has 4 nitrogen and oxygen atoms in total. The maximum atomic E-state index is 12.1. The van der Waals surface area contributed by atoms with Crippen molar-refractivity contribution in [2.24, 2.45) is 0 Å². The van der Waals surface area contributed by atoms with Gasteiger partial charge >= 0.3 is 0 Å². The summed E-state index contributed by atoms with van der Waals surface area (Å²) < 4.78 is 0. The Morgan fingerprint density at radius 2 is 2.32 bits per heavy atom.